The van der Waals surface area contributed by atoms with Gasteiger partial charge in [-0.1, -0.05) is 23.2 Å². The van der Waals surface area contributed by atoms with Crippen LogP contribution in [0.3, 0.4) is 0 Å². The van der Waals surface area contributed by atoms with Gasteiger partial charge in [0, 0.05) is 34.1 Å². The molecule has 0 radical (unpaired) electrons. The summed E-state index contributed by atoms with van der Waals surface area (Å²) in [5, 5.41) is 8.01. The third kappa shape index (κ3) is 4.94. The smallest absolute Gasteiger partial charge is 0.246 e. The molecule has 6 nitrogen and oxygen atoms in total. The Morgan fingerprint density at radius 2 is 2.15 bits per heavy atom. The van der Waals surface area contributed by atoms with Gasteiger partial charge in [0.2, 0.25) is 5.91 Å². The Balaban J connectivity index is 1.58. The van der Waals surface area contributed by atoms with Crippen LogP contribution in [0.1, 0.15) is 18.2 Å². The summed E-state index contributed by atoms with van der Waals surface area (Å²) < 4.78 is 5.34. The van der Waals surface area contributed by atoms with E-state index in [-0.39, 0.29) is 12.3 Å². The number of hydrogen-bond acceptors (Lipinski definition) is 6. The highest BCUT2D eigenvalue weighted by Gasteiger charge is 2.15. The largest absolute Gasteiger partial charge is 0.378 e. The Labute approximate surface area is 165 Å². The van der Waals surface area contributed by atoms with E-state index in [1.807, 2.05) is 5.38 Å². The molecule has 0 bridgehead atoms. The predicted molar refractivity (Wildman–Crippen MR) is 106 cm³/mol. The second-order valence-electron chi connectivity index (χ2n) is 5.75. The highest BCUT2D eigenvalue weighted by molar-refractivity contribution is 7.13. The predicted octanol–water partition coefficient (Wildman–Crippen LogP) is 3.37. The molecule has 9 heteroatoms. The zero-order valence-corrected chi connectivity index (χ0v) is 16.5. The number of amides is 1. The van der Waals surface area contributed by atoms with Crippen molar-refractivity contribution in [2.24, 2.45) is 5.10 Å². The molecule has 1 fully saturated rings. The molecule has 3 rings (SSSR count). The molecule has 1 aromatic carbocycles. The molecule has 2 heterocycles. The standard InChI is InChI=1S/C17H18Cl2N4O2S/c1-11(14-8-12(18)2-3-15(14)19)21-22-16(24)9-13-10-26-17(20-13)23-4-6-25-7-5-23/h2-3,8,10H,4-7,9H2,1H3,(H,22,24)/b21-11-. The van der Waals surface area contributed by atoms with Crippen LogP contribution in [0, 0.1) is 0 Å². The number of anilines is 1. The molecule has 1 aromatic heterocycles. The first-order chi connectivity index (χ1) is 12.5. The fraction of sp³-hybridized carbons (Fsp3) is 0.353. The van der Waals surface area contributed by atoms with Crippen LogP contribution in [-0.2, 0) is 16.0 Å². The number of morpholine rings is 1. The lowest BCUT2D eigenvalue weighted by Crippen LogP contribution is -2.36. The molecule has 1 aliphatic rings. The molecule has 0 atom stereocenters. The quantitative estimate of drug-likeness (QED) is 0.603. The fourth-order valence-corrected chi connectivity index (χ4v) is 3.77. The molecule has 1 saturated heterocycles. The van der Waals surface area contributed by atoms with Crippen molar-refractivity contribution in [1.82, 2.24) is 10.4 Å². The van der Waals surface area contributed by atoms with Crippen LogP contribution in [0.5, 0.6) is 0 Å². The topological polar surface area (TPSA) is 66.8 Å². The molecule has 0 spiro atoms. The van der Waals surface area contributed by atoms with Crippen LogP contribution in [0.15, 0.2) is 28.7 Å². The molecule has 0 saturated carbocycles. The van der Waals surface area contributed by atoms with Gasteiger partial charge in [-0.25, -0.2) is 10.4 Å². The summed E-state index contributed by atoms with van der Waals surface area (Å²) in [6, 6.07) is 5.11. The van der Waals surface area contributed by atoms with Crippen LogP contribution in [0.4, 0.5) is 5.13 Å². The minimum atomic E-state index is -0.235. The van der Waals surface area contributed by atoms with E-state index in [0.717, 1.165) is 23.9 Å². The van der Waals surface area contributed by atoms with E-state index in [2.05, 4.69) is 20.4 Å². The van der Waals surface area contributed by atoms with E-state index < -0.39 is 0 Å². The normalized spacial score (nSPS) is 15.2. The average Bonchev–Trinajstić information content (AvgIpc) is 3.11. The number of rotatable bonds is 5. The third-order valence-corrected chi connectivity index (χ3v) is 5.34. The van der Waals surface area contributed by atoms with Crippen LogP contribution in [0.2, 0.25) is 10.0 Å². The van der Waals surface area contributed by atoms with Crippen LogP contribution >= 0.6 is 34.5 Å². The number of aromatic nitrogens is 1. The second-order valence-corrected chi connectivity index (χ2v) is 7.43. The monoisotopic (exact) mass is 412 g/mol. The van der Waals surface area contributed by atoms with E-state index in [4.69, 9.17) is 27.9 Å². The van der Waals surface area contributed by atoms with Gasteiger partial charge in [0.05, 0.1) is 31.0 Å². The number of benzene rings is 1. The summed E-state index contributed by atoms with van der Waals surface area (Å²) in [5.74, 6) is -0.235. The zero-order chi connectivity index (χ0) is 18.5. The van der Waals surface area contributed by atoms with E-state index in [1.165, 1.54) is 11.3 Å². The van der Waals surface area contributed by atoms with Crippen molar-refractivity contribution in [3.8, 4) is 0 Å². The number of nitrogens with one attached hydrogen (secondary N) is 1. The first-order valence-electron chi connectivity index (χ1n) is 8.08. The number of carbonyl (C=O) groups is 1. The first kappa shape index (κ1) is 19.1. The van der Waals surface area contributed by atoms with Gasteiger partial charge < -0.3 is 9.64 Å². The molecule has 138 valence electrons. The number of hydrogen-bond donors (Lipinski definition) is 1. The number of ether oxygens (including phenoxy) is 1. The van der Waals surface area contributed by atoms with Gasteiger partial charge in [0.1, 0.15) is 0 Å². The highest BCUT2D eigenvalue weighted by atomic mass is 35.5. The summed E-state index contributed by atoms with van der Waals surface area (Å²) in [5.41, 5.74) is 4.53. The number of nitrogens with zero attached hydrogens (tertiary/aromatic N) is 3. The first-order valence-corrected chi connectivity index (χ1v) is 9.72. The average molecular weight is 413 g/mol. The Kier molecular flexibility index (Phi) is 6.48. The Bertz CT molecular complexity index is 819. The number of thiazole rings is 1. The summed E-state index contributed by atoms with van der Waals surface area (Å²) in [7, 11) is 0. The Morgan fingerprint density at radius 1 is 1.38 bits per heavy atom. The van der Waals surface area contributed by atoms with Gasteiger partial charge in [-0.3, -0.25) is 4.79 Å². The van der Waals surface area contributed by atoms with Crippen molar-refractivity contribution in [3.05, 3.63) is 44.9 Å². The van der Waals surface area contributed by atoms with Gasteiger partial charge >= 0.3 is 0 Å². The fourth-order valence-electron chi connectivity index (χ4n) is 2.46. The number of halogens is 2. The van der Waals surface area contributed by atoms with Crippen LogP contribution in [0.25, 0.3) is 0 Å². The van der Waals surface area contributed by atoms with E-state index in [1.54, 1.807) is 25.1 Å². The van der Waals surface area contributed by atoms with Gasteiger partial charge in [0.15, 0.2) is 5.13 Å². The van der Waals surface area contributed by atoms with Crippen molar-refractivity contribution < 1.29 is 9.53 Å². The Morgan fingerprint density at radius 3 is 2.92 bits per heavy atom. The summed E-state index contributed by atoms with van der Waals surface area (Å²) >= 11 is 13.6. The summed E-state index contributed by atoms with van der Waals surface area (Å²) in [6.07, 6.45) is 0.168. The van der Waals surface area contributed by atoms with Gasteiger partial charge in [-0.15, -0.1) is 11.3 Å². The molecular formula is C17H18Cl2N4O2S. The van der Waals surface area contributed by atoms with E-state index in [0.29, 0.717) is 34.5 Å². The minimum Gasteiger partial charge on any atom is -0.378 e. The lowest BCUT2D eigenvalue weighted by Gasteiger charge is -2.26. The molecule has 26 heavy (non-hydrogen) atoms. The molecule has 0 unspecified atom stereocenters. The molecular weight excluding hydrogens is 395 g/mol. The lowest BCUT2D eigenvalue weighted by molar-refractivity contribution is -0.120. The summed E-state index contributed by atoms with van der Waals surface area (Å²) in [6.45, 7) is 4.81. The Hall–Kier alpha value is -1.67. The van der Waals surface area contributed by atoms with Crippen LogP contribution < -0.4 is 10.3 Å². The van der Waals surface area contributed by atoms with Gasteiger partial charge in [-0.05, 0) is 25.1 Å². The van der Waals surface area contributed by atoms with E-state index >= 15 is 0 Å². The van der Waals surface area contributed by atoms with E-state index in [9.17, 15) is 4.79 Å². The molecule has 0 aliphatic carbocycles. The van der Waals surface area contributed by atoms with Crippen molar-refractivity contribution in [1.29, 1.82) is 0 Å². The molecule has 2 aromatic rings. The van der Waals surface area contributed by atoms with Crippen molar-refractivity contribution in [2.45, 2.75) is 13.3 Å². The maximum absolute atomic E-state index is 12.1. The van der Waals surface area contributed by atoms with Crippen molar-refractivity contribution in [2.75, 3.05) is 31.2 Å². The lowest BCUT2D eigenvalue weighted by atomic mass is 10.1. The van der Waals surface area contributed by atoms with Crippen molar-refractivity contribution >= 4 is 51.3 Å². The molecule has 1 aliphatic heterocycles. The highest BCUT2D eigenvalue weighted by Crippen LogP contribution is 2.22. The maximum Gasteiger partial charge on any atom is 0.246 e. The zero-order valence-electron chi connectivity index (χ0n) is 14.2. The second kappa shape index (κ2) is 8.81. The SMILES string of the molecule is C/C(=N/NC(=O)Cc1csc(N2CCOCC2)n1)c1cc(Cl)ccc1Cl. The van der Waals surface area contributed by atoms with Crippen LogP contribution in [-0.4, -0.2) is 42.9 Å². The van der Waals surface area contributed by atoms with Gasteiger partial charge in [-0.2, -0.15) is 5.10 Å². The molecule has 1 N–H and O–H groups in total. The minimum absolute atomic E-state index is 0.168. The third-order valence-electron chi connectivity index (χ3n) is 3.83. The summed E-state index contributed by atoms with van der Waals surface area (Å²) in [4.78, 5) is 18.8. The molecule has 1 amide bonds. The maximum atomic E-state index is 12.1. The van der Waals surface area contributed by atoms with Gasteiger partial charge in [0.25, 0.3) is 0 Å². The number of carbonyl (C=O) groups excluding carboxylic acids is 1. The number of hydrazone groups is 1. The van der Waals surface area contributed by atoms with Crippen molar-refractivity contribution in [3.63, 3.8) is 0 Å².